The molecule has 3 N–H and O–H groups in total. The first-order valence-corrected chi connectivity index (χ1v) is 6.11. The zero-order valence-electron chi connectivity index (χ0n) is 10.4. The van der Waals surface area contributed by atoms with Crippen LogP contribution in [0.15, 0.2) is 18.2 Å². The van der Waals surface area contributed by atoms with Gasteiger partial charge in [0.05, 0.1) is 12.7 Å². The number of nitrogens with zero attached hydrogens (tertiary/aromatic N) is 1. The second-order valence-electron chi connectivity index (χ2n) is 4.42. The molecule has 1 fully saturated rings. The quantitative estimate of drug-likeness (QED) is 0.781. The maximum atomic E-state index is 12.2. The lowest BCUT2D eigenvalue weighted by molar-refractivity contribution is 0.0764. The van der Waals surface area contributed by atoms with Gasteiger partial charge in [-0.05, 0) is 25.5 Å². The van der Waals surface area contributed by atoms with Crippen LogP contribution < -0.4 is 10.5 Å². The van der Waals surface area contributed by atoms with Gasteiger partial charge in [0.1, 0.15) is 5.75 Å². The Kier molecular flexibility index (Phi) is 3.72. The number of carbonyl (C=O) groups excluding carboxylic acids is 1. The lowest BCUT2D eigenvalue weighted by Gasteiger charge is -2.16. The average molecular weight is 250 g/mol. The number of aliphatic hydroxyl groups excluding tert-OH is 1. The number of nitrogen functional groups attached to an aromatic ring is 1. The molecule has 98 valence electrons. The molecular formula is C13H18N2O3. The summed E-state index contributed by atoms with van der Waals surface area (Å²) < 4.78 is 5.36. The standard InChI is InChI=1S/C13H18N2O3/c1-2-18-12-6-9(5-10(14)7-12)13(17)15-4-3-11(16)8-15/h5-7,11,16H,2-4,8,14H2,1H3/t11-/m0/s1. The molecule has 0 radical (unpaired) electrons. The molecule has 1 aromatic carbocycles. The molecule has 1 amide bonds. The van der Waals surface area contributed by atoms with Crippen molar-refractivity contribution in [3.05, 3.63) is 23.8 Å². The van der Waals surface area contributed by atoms with Crippen molar-refractivity contribution in [1.82, 2.24) is 4.90 Å². The normalized spacial score (nSPS) is 19.0. The van der Waals surface area contributed by atoms with Crippen molar-refractivity contribution >= 4 is 11.6 Å². The Bertz CT molecular complexity index is 448. The van der Waals surface area contributed by atoms with E-state index in [0.717, 1.165) is 0 Å². The third kappa shape index (κ3) is 2.73. The highest BCUT2D eigenvalue weighted by Crippen LogP contribution is 2.21. The van der Waals surface area contributed by atoms with Gasteiger partial charge in [0, 0.05) is 30.4 Å². The SMILES string of the molecule is CCOc1cc(N)cc(C(=O)N2CC[C@H](O)C2)c1. The first kappa shape index (κ1) is 12.7. The summed E-state index contributed by atoms with van der Waals surface area (Å²) in [5, 5.41) is 9.45. The lowest BCUT2D eigenvalue weighted by atomic mass is 10.1. The van der Waals surface area contributed by atoms with Crippen LogP contribution in [0.4, 0.5) is 5.69 Å². The molecule has 0 aliphatic carbocycles. The molecule has 1 aliphatic heterocycles. The molecule has 2 rings (SSSR count). The largest absolute Gasteiger partial charge is 0.494 e. The van der Waals surface area contributed by atoms with Crippen molar-refractivity contribution in [1.29, 1.82) is 0 Å². The number of anilines is 1. The number of hydrogen-bond donors (Lipinski definition) is 2. The maximum Gasteiger partial charge on any atom is 0.254 e. The predicted molar refractivity (Wildman–Crippen MR) is 68.6 cm³/mol. The first-order valence-electron chi connectivity index (χ1n) is 6.11. The van der Waals surface area contributed by atoms with Gasteiger partial charge < -0.3 is 20.5 Å². The van der Waals surface area contributed by atoms with Crippen molar-refractivity contribution in [2.24, 2.45) is 0 Å². The summed E-state index contributed by atoms with van der Waals surface area (Å²) in [6.45, 7) is 3.37. The summed E-state index contributed by atoms with van der Waals surface area (Å²) in [5.41, 5.74) is 6.76. The summed E-state index contributed by atoms with van der Waals surface area (Å²) in [6, 6.07) is 5.02. The number of nitrogens with two attached hydrogens (primary N) is 1. The van der Waals surface area contributed by atoms with Crippen molar-refractivity contribution in [3.8, 4) is 5.75 Å². The Morgan fingerprint density at radius 2 is 2.33 bits per heavy atom. The number of rotatable bonds is 3. The van der Waals surface area contributed by atoms with Crippen LogP contribution in [-0.4, -0.2) is 41.7 Å². The van der Waals surface area contributed by atoms with Gasteiger partial charge in [-0.25, -0.2) is 0 Å². The number of aliphatic hydroxyl groups is 1. The van der Waals surface area contributed by atoms with Crippen molar-refractivity contribution in [2.45, 2.75) is 19.4 Å². The van der Waals surface area contributed by atoms with E-state index in [-0.39, 0.29) is 5.91 Å². The number of β-amino-alcohol motifs (C(OH)–C–C–N with tert-alkyl or cyclic N) is 1. The summed E-state index contributed by atoms with van der Waals surface area (Å²) in [6.07, 6.45) is 0.216. The Balaban J connectivity index is 2.19. The number of amides is 1. The van der Waals surface area contributed by atoms with Crippen LogP contribution >= 0.6 is 0 Å². The van der Waals surface area contributed by atoms with Crippen molar-refractivity contribution in [2.75, 3.05) is 25.4 Å². The predicted octanol–water partition coefficient (Wildman–Crippen LogP) is 0.874. The molecule has 0 bridgehead atoms. The van der Waals surface area contributed by atoms with Crippen LogP contribution in [0.5, 0.6) is 5.75 Å². The summed E-state index contributed by atoms with van der Waals surface area (Å²) in [5.74, 6) is 0.486. The third-order valence-electron chi connectivity index (χ3n) is 2.94. The van der Waals surface area contributed by atoms with Crippen LogP contribution in [0.3, 0.4) is 0 Å². The fourth-order valence-electron chi connectivity index (χ4n) is 2.10. The van der Waals surface area contributed by atoms with Crippen molar-refractivity contribution < 1.29 is 14.6 Å². The summed E-state index contributed by atoms with van der Waals surface area (Å²) in [7, 11) is 0. The second kappa shape index (κ2) is 5.27. The maximum absolute atomic E-state index is 12.2. The van der Waals surface area contributed by atoms with E-state index in [4.69, 9.17) is 10.5 Å². The topological polar surface area (TPSA) is 75.8 Å². The molecule has 1 aliphatic rings. The van der Waals surface area contributed by atoms with E-state index in [2.05, 4.69) is 0 Å². The van der Waals surface area contributed by atoms with Gasteiger partial charge in [0.25, 0.3) is 5.91 Å². The molecule has 1 saturated heterocycles. The molecule has 1 atom stereocenters. The molecule has 1 aromatic rings. The highest BCUT2D eigenvalue weighted by atomic mass is 16.5. The van der Waals surface area contributed by atoms with Gasteiger partial charge in [0.2, 0.25) is 0 Å². The van der Waals surface area contributed by atoms with Crippen LogP contribution in [0.1, 0.15) is 23.7 Å². The van der Waals surface area contributed by atoms with Gasteiger partial charge in [-0.15, -0.1) is 0 Å². The van der Waals surface area contributed by atoms with E-state index in [1.165, 1.54) is 0 Å². The van der Waals surface area contributed by atoms with Gasteiger partial charge in [-0.3, -0.25) is 4.79 Å². The Morgan fingerprint density at radius 1 is 1.56 bits per heavy atom. The molecule has 5 nitrogen and oxygen atoms in total. The third-order valence-corrected chi connectivity index (χ3v) is 2.94. The van der Waals surface area contributed by atoms with Gasteiger partial charge >= 0.3 is 0 Å². The minimum Gasteiger partial charge on any atom is -0.494 e. The van der Waals surface area contributed by atoms with E-state index < -0.39 is 6.10 Å². The van der Waals surface area contributed by atoms with Crippen molar-refractivity contribution in [3.63, 3.8) is 0 Å². The zero-order valence-corrected chi connectivity index (χ0v) is 10.4. The van der Waals surface area contributed by atoms with Gasteiger partial charge in [-0.2, -0.15) is 0 Å². The average Bonchev–Trinajstić information content (AvgIpc) is 2.74. The highest BCUT2D eigenvalue weighted by molar-refractivity contribution is 5.95. The highest BCUT2D eigenvalue weighted by Gasteiger charge is 2.25. The second-order valence-corrected chi connectivity index (χ2v) is 4.42. The number of likely N-dealkylation sites (tertiary alicyclic amines) is 1. The number of benzene rings is 1. The van der Waals surface area contributed by atoms with Crippen LogP contribution in [0.2, 0.25) is 0 Å². The first-order chi connectivity index (χ1) is 8.60. The summed E-state index contributed by atoms with van der Waals surface area (Å²) in [4.78, 5) is 13.8. The Hall–Kier alpha value is -1.75. The van der Waals surface area contributed by atoms with E-state index in [9.17, 15) is 9.90 Å². The van der Waals surface area contributed by atoms with Crippen LogP contribution in [0, 0.1) is 0 Å². The molecule has 18 heavy (non-hydrogen) atoms. The number of hydrogen-bond acceptors (Lipinski definition) is 4. The van der Waals surface area contributed by atoms with E-state index in [0.29, 0.717) is 43.1 Å². The summed E-state index contributed by atoms with van der Waals surface area (Å²) >= 11 is 0. The monoisotopic (exact) mass is 250 g/mol. The Morgan fingerprint density at radius 3 is 2.94 bits per heavy atom. The fourth-order valence-corrected chi connectivity index (χ4v) is 2.10. The molecule has 1 heterocycles. The van der Waals surface area contributed by atoms with E-state index in [1.807, 2.05) is 6.92 Å². The van der Waals surface area contributed by atoms with Crippen LogP contribution in [0.25, 0.3) is 0 Å². The number of ether oxygens (including phenoxy) is 1. The molecule has 0 unspecified atom stereocenters. The lowest BCUT2D eigenvalue weighted by Crippen LogP contribution is -2.29. The molecule has 5 heteroatoms. The Labute approximate surface area is 106 Å². The number of carbonyl (C=O) groups is 1. The smallest absolute Gasteiger partial charge is 0.254 e. The van der Waals surface area contributed by atoms with E-state index >= 15 is 0 Å². The zero-order chi connectivity index (χ0) is 13.1. The minimum atomic E-state index is -0.415. The molecule has 0 aromatic heterocycles. The molecular weight excluding hydrogens is 232 g/mol. The van der Waals surface area contributed by atoms with Gasteiger partial charge in [0.15, 0.2) is 0 Å². The van der Waals surface area contributed by atoms with Crippen LogP contribution in [-0.2, 0) is 0 Å². The molecule has 0 saturated carbocycles. The van der Waals surface area contributed by atoms with Gasteiger partial charge in [-0.1, -0.05) is 0 Å². The molecule has 0 spiro atoms. The fraction of sp³-hybridized carbons (Fsp3) is 0.462. The van der Waals surface area contributed by atoms with E-state index in [1.54, 1.807) is 23.1 Å². The minimum absolute atomic E-state index is 0.111.